The normalized spacial score (nSPS) is 24.6. The van der Waals surface area contributed by atoms with E-state index in [0.717, 1.165) is 19.8 Å². The topological polar surface area (TPSA) is 34.2 Å². The van der Waals surface area contributed by atoms with Crippen LogP contribution >= 0.6 is 0 Å². The van der Waals surface area contributed by atoms with Crippen LogP contribution in [0.5, 0.6) is 0 Å². The van der Waals surface area contributed by atoms with Crippen LogP contribution < -0.4 is 0 Å². The second-order valence-electron chi connectivity index (χ2n) is 3.53. The number of nitrogens with zero attached hydrogens (tertiary/aromatic N) is 2. The van der Waals surface area contributed by atoms with Gasteiger partial charge in [-0.3, -0.25) is 9.80 Å². The van der Waals surface area contributed by atoms with Crippen molar-refractivity contribution in [2.75, 3.05) is 54.6 Å². The van der Waals surface area contributed by atoms with E-state index in [1.165, 1.54) is 0 Å². The van der Waals surface area contributed by atoms with Crippen LogP contribution in [0.3, 0.4) is 0 Å². The van der Waals surface area contributed by atoms with Gasteiger partial charge in [-0.25, -0.2) is 0 Å². The lowest BCUT2D eigenvalue weighted by atomic mass is 10.3. The van der Waals surface area contributed by atoms with E-state index in [-0.39, 0.29) is 0 Å². The molecule has 0 bridgehead atoms. The second-order valence-corrected chi connectivity index (χ2v) is 3.53. The lowest BCUT2D eigenvalue weighted by molar-refractivity contribution is 0.0158. The van der Waals surface area contributed by atoms with Crippen molar-refractivity contribution in [3.63, 3.8) is 0 Å². The van der Waals surface area contributed by atoms with E-state index in [1.54, 1.807) is 21.3 Å². The predicted octanol–water partition coefficient (Wildman–Crippen LogP) is -0.216. The lowest BCUT2D eigenvalue weighted by Crippen LogP contribution is -2.35. The molecule has 0 aromatic rings. The molecule has 1 fully saturated rings. The first-order valence-electron chi connectivity index (χ1n) is 4.75. The molecule has 0 N–H and O–H groups in total. The summed E-state index contributed by atoms with van der Waals surface area (Å²) in [6.45, 7) is 3.92. The Morgan fingerprint density at radius 3 is 2.36 bits per heavy atom. The highest BCUT2D eigenvalue weighted by molar-refractivity contribution is 4.79. The first-order chi connectivity index (χ1) is 6.81. The molecule has 0 aliphatic carbocycles. The van der Waals surface area contributed by atoms with Crippen molar-refractivity contribution in [1.29, 1.82) is 0 Å². The molecular formula is C9H20N2O3. The van der Waals surface area contributed by atoms with Crippen LogP contribution in [0, 0.1) is 0 Å². The maximum Gasteiger partial charge on any atom is 0.1000 e. The van der Waals surface area contributed by atoms with Crippen molar-refractivity contribution in [1.82, 2.24) is 9.80 Å². The number of hydrogen-bond donors (Lipinski definition) is 0. The third-order valence-electron chi connectivity index (χ3n) is 2.33. The summed E-state index contributed by atoms with van der Waals surface area (Å²) >= 11 is 0. The quantitative estimate of drug-likeness (QED) is 0.598. The average molecular weight is 204 g/mol. The molecule has 84 valence electrons. The van der Waals surface area contributed by atoms with Gasteiger partial charge in [0, 0.05) is 33.9 Å². The summed E-state index contributed by atoms with van der Waals surface area (Å²) in [6.07, 6.45) is 0. The summed E-state index contributed by atoms with van der Waals surface area (Å²) in [5.74, 6) is 0. The van der Waals surface area contributed by atoms with Gasteiger partial charge in [0.25, 0.3) is 0 Å². The van der Waals surface area contributed by atoms with E-state index < -0.39 is 0 Å². The van der Waals surface area contributed by atoms with Gasteiger partial charge in [-0.05, 0) is 0 Å². The zero-order valence-corrected chi connectivity index (χ0v) is 9.23. The van der Waals surface area contributed by atoms with Crippen molar-refractivity contribution in [3.8, 4) is 0 Å². The molecule has 1 rings (SSSR count). The molecule has 0 radical (unpaired) electrons. The molecule has 1 saturated heterocycles. The summed E-state index contributed by atoms with van der Waals surface area (Å²) in [4.78, 5) is 4.46. The van der Waals surface area contributed by atoms with Gasteiger partial charge >= 0.3 is 0 Å². The first-order valence-corrected chi connectivity index (χ1v) is 4.75. The van der Waals surface area contributed by atoms with Gasteiger partial charge in [0.1, 0.15) is 0 Å². The van der Waals surface area contributed by atoms with Crippen LogP contribution in [0.2, 0.25) is 0 Å². The molecule has 1 unspecified atom stereocenters. The number of ether oxygens (including phenoxy) is 3. The maximum atomic E-state index is 5.16. The fourth-order valence-electron chi connectivity index (χ4n) is 1.78. The third-order valence-corrected chi connectivity index (χ3v) is 2.33. The molecule has 14 heavy (non-hydrogen) atoms. The van der Waals surface area contributed by atoms with Gasteiger partial charge in [-0.2, -0.15) is 0 Å². The average Bonchev–Trinajstić information content (AvgIpc) is 2.50. The zero-order valence-electron chi connectivity index (χ0n) is 9.23. The number of hydrogen-bond acceptors (Lipinski definition) is 5. The molecule has 1 aliphatic heterocycles. The van der Waals surface area contributed by atoms with E-state index in [1.807, 2.05) is 0 Å². The molecular weight excluding hydrogens is 184 g/mol. The molecule has 1 aliphatic rings. The summed E-state index contributed by atoms with van der Waals surface area (Å²) < 4.78 is 15.4. The van der Waals surface area contributed by atoms with Crippen LogP contribution in [0.1, 0.15) is 0 Å². The number of methoxy groups -OCH3 is 3. The van der Waals surface area contributed by atoms with E-state index >= 15 is 0 Å². The Kier molecular flexibility index (Phi) is 5.36. The van der Waals surface area contributed by atoms with Gasteiger partial charge in [-0.15, -0.1) is 0 Å². The van der Waals surface area contributed by atoms with Crippen LogP contribution in [-0.4, -0.2) is 70.5 Å². The maximum absolute atomic E-state index is 5.16. The molecule has 0 amide bonds. The Morgan fingerprint density at radius 1 is 1.07 bits per heavy atom. The molecule has 0 aromatic carbocycles. The van der Waals surface area contributed by atoms with E-state index in [0.29, 0.717) is 19.5 Å². The minimum absolute atomic E-state index is 0.412. The van der Waals surface area contributed by atoms with Crippen LogP contribution in [-0.2, 0) is 14.2 Å². The Bertz CT molecular complexity index is 143. The highest BCUT2D eigenvalue weighted by Gasteiger charge is 2.29. The number of rotatable bonds is 6. The third kappa shape index (κ3) is 3.18. The van der Waals surface area contributed by atoms with Crippen LogP contribution in [0.15, 0.2) is 0 Å². The highest BCUT2D eigenvalue weighted by Crippen LogP contribution is 2.12. The largest absolute Gasteiger partial charge is 0.383 e. The lowest BCUT2D eigenvalue weighted by Gasteiger charge is -2.21. The molecule has 5 nitrogen and oxygen atoms in total. The van der Waals surface area contributed by atoms with Gasteiger partial charge in [0.2, 0.25) is 0 Å². The molecule has 1 atom stereocenters. The minimum atomic E-state index is 0.412. The van der Waals surface area contributed by atoms with Crippen LogP contribution in [0.4, 0.5) is 0 Å². The fourth-order valence-corrected chi connectivity index (χ4v) is 1.78. The van der Waals surface area contributed by atoms with Crippen molar-refractivity contribution in [3.05, 3.63) is 0 Å². The van der Waals surface area contributed by atoms with E-state index in [2.05, 4.69) is 9.80 Å². The molecule has 0 aromatic heterocycles. The van der Waals surface area contributed by atoms with Crippen LogP contribution in [0.25, 0.3) is 0 Å². The van der Waals surface area contributed by atoms with E-state index in [4.69, 9.17) is 14.2 Å². The smallest absolute Gasteiger partial charge is 0.1000 e. The Balaban J connectivity index is 2.38. The van der Waals surface area contributed by atoms with E-state index in [9.17, 15) is 0 Å². The van der Waals surface area contributed by atoms with Gasteiger partial charge in [0.05, 0.1) is 26.7 Å². The van der Waals surface area contributed by atoms with Gasteiger partial charge in [-0.1, -0.05) is 0 Å². The summed E-state index contributed by atoms with van der Waals surface area (Å²) in [5, 5.41) is 0. The molecule has 0 saturated carbocycles. The summed E-state index contributed by atoms with van der Waals surface area (Å²) in [7, 11) is 5.15. The van der Waals surface area contributed by atoms with Gasteiger partial charge < -0.3 is 14.2 Å². The van der Waals surface area contributed by atoms with Crippen molar-refractivity contribution < 1.29 is 14.2 Å². The summed E-state index contributed by atoms with van der Waals surface area (Å²) in [5.41, 5.74) is 0. The SMILES string of the molecule is COCC1CN(COC)CN1COC. The Morgan fingerprint density at radius 2 is 1.79 bits per heavy atom. The standard InChI is InChI=1S/C9H20N2O3/c1-12-5-9-4-10(7-13-2)6-11(9)8-14-3/h9H,4-8H2,1-3H3. The van der Waals surface area contributed by atoms with Crippen molar-refractivity contribution in [2.45, 2.75) is 6.04 Å². The first kappa shape index (κ1) is 11.9. The molecule has 1 heterocycles. The second kappa shape index (κ2) is 6.31. The van der Waals surface area contributed by atoms with Crippen molar-refractivity contribution in [2.24, 2.45) is 0 Å². The van der Waals surface area contributed by atoms with Gasteiger partial charge in [0.15, 0.2) is 0 Å². The zero-order chi connectivity index (χ0) is 10.4. The monoisotopic (exact) mass is 204 g/mol. The predicted molar refractivity (Wildman–Crippen MR) is 52.8 cm³/mol. The van der Waals surface area contributed by atoms with Crippen molar-refractivity contribution >= 4 is 0 Å². The highest BCUT2D eigenvalue weighted by atomic mass is 16.5. The molecule has 0 spiro atoms. The fraction of sp³-hybridized carbons (Fsp3) is 1.00. The Hall–Kier alpha value is -0.200. The molecule has 5 heteroatoms. The minimum Gasteiger partial charge on any atom is -0.383 e. The summed E-state index contributed by atoms with van der Waals surface area (Å²) in [6, 6.07) is 0.412. The Labute approximate surface area is 85.5 Å².